The fourth-order valence-electron chi connectivity index (χ4n) is 2.89. The van der Waals surface area contributed by atoms with Crippen molar-refractivity contribution in [2.45, 2.75) is 46.1 Å². The van der Waals surface area contributed by atoms with Crippen LogP contribution in [0.4, 0.5) is 11.5 Å². The zero-order valence-corrected chi connectivity index (χ0v) is 11.0. The Morgan fingerprint density at radius 2 is 2.24 bits per heavy atom. The first-order chi connectivity index (χ1) is 8.13. The Balaban J connectivity index is 2.09. The zero-order valence-electron chi connectivity index (χ0n) is 11.0. The summed E-state index contributed by atoms with van der Waals surface area (Å²) in [5.74, 6) is 2.42. The molecule has 1 fully saturated rings. The van der Waals surface area contributed by atoms with Crippen LogP contribution in [0.1, 0.15) is 38.7 Å². The van der Waals surface area contributed by atoms with E-state index in [0.717, 1.165) is 23.0 Å². The molecule has 0 radical (unpaired) electrons. The van der Waals surface area contributed by atoms with E-state index in [1.54, 1.807) is 0 Å². The second kappa shape index (κ2) is 4.94. The fourth-order valence-corrected chi connectivity index (χ4v) is 2.89. The van der Waals surface area contributed by atoms with Gasteiger partial charge in [0.05, 0.1) is 5.69 Å². The molecule has 0 aromatic carbocycles. The first-order valence-electron chi connectivity index (χ1n) is 6.61. The molecule has 94 valence electrons. The summed E-state index contributed by atoms with van der Waals surface area (Å²) in [5, 5.41) is 3.53. The standard InChI is InChI=1S/C14H23N3/c1-4-11-5-6-12(10(11)3)17-14-13(15)9(2)7-8-16-14/h7-8,10-12H,4-6,15H2,1-3H3,(H,16,17). The molecule has 3 unspecified atom stereocenters. The number of hydrogen-bond donors (Lipinski definition) is 2. The molecule has 3 heteroatoms. The van der Waals surface area contributed by atoms with Gasteiger partial charge in [-0.1, -0.05) is 20.3 Å². The van der Waals surface area contributed by atoms with Gasteiger partial charge in [0, 0.05) is 12.2 Å². The van der Waals surface area contributed by atoms with Crippen LogP contribution in [0.5, 0.6) is 0 Å². The predicted octanol–water partition coefficient (Wildman–Crippen LogP) is 3.21. The Kier molecular flexibility index (Phi) is 3.55. The van der Waals surface area contributed by atoms with Crippen LogP contribution in [0.2, 0.25) is 0 Å². The zero-order chi connectivity index (χ0) is 12.4. The van der Waals surface area contributed by atoms with E-state index in [1.807, 2.05) is 19.2 Å². The van der Waals surface area contributed by atoms with Crippen molar-refractivity contribution in [3.05, 3.63) is 17.8 Å². The number of aromatic nitrogens is 1. The minimum Gasteiger partial charge on any atom is -0.396 e. The topological polar surface area (TPSA) is 50.9 Å². The summed E-state index contributed by atoms with van der Waals surface area (Å²) in [7, 11) is 0. The molecule has 0 amide bonds. The summed E-state index contributed by atoms with van der Waals surface area (Å²) in [4.78, 5) is 4.35. The van der Waals surface area contributed by atoms with Gasteiger partial charge in [-0.25, -0.2) is 4.98 Å². The summed E-state index contributed by atoms with van der Waals surface area (Å²) in [6.45, 7) is 6.64. The summed E-state index contributed by atoms with van der Waals surface area (Å²) in [6.07, 6.45) is 5.65. The van der Waals surface area contributed by atoms with E-state index in [2.05, 4.69) is 24.1 Å². The second-order valence-corrected chi connectivity index (χ2v) is 5.25. The van der Waals surface area contributed by atoms with E-state index < -0.39 is 0 Å². The average molecular weight is 233 g/mol. The normalized spacial score (nSPS) is 28.3. The van der Waals surface area contributed by atoms with Gasteiger partial charge in [0.25, 0.3) is 0 Å². The summed E-state index contributed by atoms with van der Waals surface area (Å²) in [5.41, 5.74) is 7.94. The molecule has 0 bridgehead atoms. The van der Waals surface area contributed by atoms with Crippen molar-refractivity contribution in [2.75, 3.05) is 11.1 Å². The van der Waals surface area contributed by atoms with Gasteiger partial charge in [-0.05, 0) is 43.2 Å². The Morgan fingerprint density at radius 3 is 2.88 bits per heavy atom. The first-order valence-corrected chi connectivity index (χ1v) is 6.61. The largest absolute Gasteiger partial charge is 0.396 e. The van der Waals surface area contributed by atoms with Gasteiger partial charge < -0.3 is 11.1 Å². The number of aryl methyl sites for hydroxylation is 1. The summed E-state index contributed by atoms with van der Waals surface area (Å²) < 4.78 is 0. The van der Waals surface area contributed by atoms with Crippen LogP contribution < -0.4 is 11.1 Å². The Labute approximate surface area is 104 Å². The van der Waals surface area contributed by atoms with Crippen molar-refractivity contribution in [2.24, 2.45) is 11.8 Å². The van der Waals surface area contributed by atoms with E-state index in [0.29, 0.717) is 12.0 Å². The quantitative estimate of drug-likeness (QED) is 0.843. The molecule has 0 aliphatic heterocycles. The maximum atomic E-state index is 6.05. The minimum atomic E-state index is 0.525. The molecule has 1 aliphatic rings. The molecule has 2 rings (SSSR count). The maximum Gasteiger partial charge on any atom is 0.149 e. The highest BCUT2D eigenvalue weighted by Crippen LogP contribution is 2.36. The molecule has 0 saturated heterocycles. The predicted molar refractivity (Wildman–Crippen MR) is 73.0 cm³/mol. The molecule has 17 heavy (non-hydrogen) atoms. The van der Waals surface area contributed by atoms with E-state index in [4.69, 9.17) is 5.73 Å². The van der Waals surface area contributed by atoms with Crippen LogP contribution in [0.25, 0.3) is 0 Å². The number of hydrogen-bond acceptors (Lipinski definition) is 3. The van der Waals surface area contributed by atoms with Crippen LogP contribution in [0.15, 0.2) is 12.3 Å². The summed E-state index contributed by atoms with van der Waals surface area (Å²) >= 11 is 0. The monoisotopic (exact) mass is 233 g/mol. The molecule has 1 saturated carbocycles. The molecule has 1 aliphatic carbocycles. The molecular formula is C14H23N3. The van der Waals surface area contributed by atoms with Gasteiger partial charge in [0.15, 0.2) is 0 Å². The molecule has 1 heterocycles. The van der Waals surface area contributed by atoms with Crippen LogP contribution in [0, 0.1) is 18.8 Å². The van der Waals surface area contributed by atoms with Crippen molar-refractivity contribution in [3.63, 3.8) is 0 Å². The van der Waals surface area contributed by atoms with Gasteiger partial charge in [-0.15, -0.1) is 0 Å². The van der Waals surface area contributed by atoms with Crippen LogP contribution in [-0.2, 0) is 0 Å². The highest BCUT2D eigenvalue weighted by Gasteiger charge is 2.31. The number of rotatable bonds is 3. The van der Waals surface area contributed by atoms with Crippen LogP contribution in [-0.4, -0.2) is 11.0 Å². The second-order valence-electron chi connectivity index (χ2n) is 5.25. The van der Waals surface area contributed by atoms with Crippen molar-refractivity contribution >= 4 is 11.5 Å². The van der Waals surface area contributed by atoms with Crippen LogP contribution >= 0.6 is 0 Å². The van der Waals surface area contributed by atoms with Crippen molar-refractivity contribution in [3.8, 4) is 0 Å². The van der Waals surface area contributed by atoms with Gasteiger partial charge in [-0.3, -0.25) is 0 Å². The molecule has 3 nitrogen and oxygen atoms in total. The Bertz CT molecular complexity index is 389. The number of nitrogens with zero attached hydrogens (tertiary/aromatic N) is 1. The van der Waals surface area contributed by atoms with E-state index in [9.17, 15) is 0 Å². The third kappa shape index (κ3) is 2.38. The molecule has 1 aromatic heterocycles. The smallest absolute Gasteiger partial charge is 0.149 e. The number of nitrogen functional groups attached to an aromatic ring is 1. The number of anilines is 2. The average Bonchev–Trinajstić information content (AvgIpc) is 2.66. The molecule has 1 aromatic rings. The van der Waals surface area contributed by atoms with Crippen molar-refractivity contribution in [1.29, 1.82) is 0 Å². The molecule has 3 N–H and O–H groups in total. The van der Waals surface area contributed by atoms with Crippen LogP contribution in [0.3, 0.4) is 0 Å². The molecule has 3 atom stereocenters. The molecule has 0 spiro atoms. The maximum absolute atomic E-state index is 6.05. The van der Waals surface area contributed by atoms with E-state index in [-0.39, 0.29) is 0 Å². The lowest BCUT2D eigenvalue weighted by Crippen LogP contribution is -2.25. The lowest BCUT2D eigenvalue weighted by Gasteiger charge is -2.22. The highest BCUT2D eigenvalue weighted by atomic mass is 15.0. The summed E-state index contributed by atoms with van der Waals surface area (Å²) in [6, 6.07) is 2.48. The van der Waals surface area contributed by atoms with E-state index in [1.165, 1.54) is 19.3 Å². The van der Waals surface area contributed by atoms with Gasteiger partial charge in [0.2, 0.25) is 0 Å². The lowest BCUT2D eigenvalue weighted by molar-refractivity contribution is 0.391. The van der Waals surface area contributed by atoms with Gasteiger partial charge in [-0.2, -0.15) is 0 Å². The fraction of sp³-hybridized carbons (Fsp3) is 0.643. The Hall–Kier alpha value is -1.25. The third-order valence-electron chi connectivity index (χ3n) is 4.28. The van der Waals surface area contributed by atoms with Gasteiger partial charge in [0.1, 0.15) is 5.82 Å². The first kappa shape index (κ1) is 12.2. The lowest BCUT2D eigenvalue weighted by atomic mass is 9.93. The van der Waals surface area contributed by atoms with Crippen molar-refractivity contribution < 1.29 is 0 Å². The number of nitrogens with two attached hydrogens (primary N) is 1. The SMILES string of the molecule is CCC1CCC(Nc2nccc(C)c2N)C1C. The Morgan fingerprint density at radius 1 is 1.47 bits per heavy atom. The minimum absolute atomic E-state index is 0.525. The molecular weight excluding hydrogens is 210 g/mol. The number of nitrogens with one attached hydrogen (secondary N) is 1. The van der Waals surface area contributed by atoms with E-state index >= 15 is 0 Å². The number of pyridine rings is 1. The third-order valence-corrected chi connectivity index (χ3v) is 4.28. The van der Waals surface area contributed by atoms with Gasteiger partial charge >= 0.3 is 0 Å². The highest BCUT2D eigenvalue weighted by molar-refractivity contribution is 5.65. The van der Waals surface area contributed by atoms with Crippen molar-refractivity contribution in [1.82, 2.24) is 4.98 Å².